The minimum Gasteiger partial charge on any atom is -0.339 e. The summed E-state index contributed by atoms with van der Waals surface area (Å²) in [5.41, 5.74) is 1.25. The molecule has 0 unspecified atom stereocenters. The van der Waals surface area contributed by atoms with Crippen molar-refractivity contribution in [3.63, 3.8) is 0 Å². The topological polar surface area (TPSA) is 29.1 Å². The highest BCUT2D eigenvalue weighted by molar-refractivity contribution is 6.02. The van der Waals surface area contributed by atoms with Crippen LogP contribution < -0.4 is 5.32 Å². The summed E-state index contributed by atoms with van der Waals surface area (Å²) in [4.78, 5) is 12.2. The number of rotatable bonds is 3. The lowest BCUT2D eigenvalue weighted by Gasteiger charge is -2.12. The smallest absolute Gasteiger partial charge is 0.339 e. The van der Waals surface area contributed by atoms with Gasteiger partial charge >= 0.3 is 6.18 Å². The maximum Gasteiger partial charge on any atom is 0.416 e. The van der Waals surface area contributed by atoms with Gasteiger partial charge in [0.25, 0.3) is 5.91 Å². The van der Waals surface area contributed by atoms with Gasteiger partial charge in [-0.05, 0) is 53.1 Å². The van der Waals surface area contributed by atoms with Gasteiger partial charge < -0.3 is 5.32 Å². The molecule has 2 nitrogen and oxygen atoms in total. The van der Waals surface area contributed by atoms with E-state index < -0.39 is 11.7 Å². The number of amides is 1. The molecular formula is C22H16F3NO. The molecule has 136 valence electrons. The van der Waals surface area contributed by atoms with Crippen LogP contribution in [0.2, 0.25) is 0 Å². The molecule has 3 aromatic carbocycles. The molecule has 0 heterocycles. The first-order chi connectivity index (χ1) is 12.8. The third-order valence-electron chi connectivity index (χ3n) is 4.26. The summed E-state index contributed by atoms with van der Waals surface area (Å²) in [6.45, 7) is 1.71. The fourth-order valence-electron chi connectivity index (χ4n) is 2.84. The van der Waals surface area contributed by atoms with Crippen LogP contribution in [0.3, 0.4) is 0 Å². The second kappa shape index (κ2) is 7.16. The maximum absolute atomic E-state index is 12.8. The Morgan fingerprint density at radius 1 is 1.07 bits per heavy atom. The van der Waals surface area contributed by atoms with Gasteiger partial charge in [0.1, 0.15) is 0 Å². The molecule has 0 aliphatic rings. The first-order valence-electron chi connectivity index (χ1n) is 8.27. The molecule has 27 heavy (non-hydrogen) atoms. The molecule has 3 aromatic rings. The van der Waals surface area contributed by atoms with Crippen molar-refractivity contribution in [2.24, 2.45) is 0 Å². The number of hydrogen-bond donors (Lipinski definition) is 1. The summed E-state index contributed by atoms with van der Waals surface area (Å²) in [5.74, 6) is 2.16. The number of nitrogens with one attached hydrogen (secondary N) is 1. The summed E-state index contributed by atoms with van der Waals surface area (Å²) < 4.78 is 38.3. The van der Waals surface area contributed by atoms with Gasteiger partial charge in [0.2, 0.25) is 0 Å². The highest BCUT2D eigenvalue weighted by Gasteiger charge is 2.30. The van der Waals surface area contributed by atoms with Crippen LogP contribution in [-0.4, -0.2) is 11.9 Å². The number of alkyl halides is 3. The van der Waals surface area contributed by atoms with Crippen LogP contribution in [0.4, 0.5) is 13.2 Å². The van der Waals surface area contributed by atoms with Crippen molar-refractivity contribution in [3.05, 3.63) is 71.8 Å². The highest BCUT2D eigenvalue weighted by Crippen LogP contribution is 2.33. The zero-order valence-electron chi connectivity index (χ0n) is 14.5. The van der Waals surface area contributed by atoms with Gasteiger partial charge in [0, 0.05) is 5.56 Å². The average molecular weight is 367 g/mol. The quantitative estimate of drug-likeness (QED) is 0.627. The average Bonchev–Trinajstić information content (AvgIpc) is 2.66. The lowest BCUT2D eigenvalue weighted by Crippen LogP contribution is -2.31. The standard InChI is InChI=1S/C22H16F3NO/c1-3-14(2)26-21(27)17-9-12-20-16(13-17)5-4-6-19(20)15-7-10-18(11-8-15)22(23,24)25/h1,4-14H,2H3,(H,26,27)/t14-/m1/s1. The SMILES string of the molecule is C#C[C@@H](C)NC(=O)c1ccc2c(-c3ccc(C(F)(F)F)cc3)cccc2c1. The van der Waals surface area contributed by atoms with E-state index in [1.165, 1.54) is 12.1 Å². The summed E-state index contributed by atoms with van der Waals surface area (Å²) >= 11 is 0. The maximum atomic E-state index is 12.8. The molecule has 3 rings (SSSR count). The molecule has 0 spiro atoms. The zero-order chi connectivity index (χ0) is 19.6. The Kier molecular flexibility index (Phi) is 4.91. The Morgan fingerprint density at radius 2 is 1.78 bits per heavy atom. The van der Waals surface area contributed by atoms with Gasteiger partial charge in [-0.15, -0.1) is 6.42 Å². The van der Waals surface area contributed by atoms with Crippen LogP contribution in [-0.2, 0) is 6.18 Å². The normalized spacial score (nSPS) is 12.4. The number of carbonyl (C=O) groups excluding carboxylic acids is 1. The Balaban J connectivity index is 1.99. The second-order valence-corrected chi connectivity index (χ2v) is 6.18. The molecule has 5 heteroatoms. The third kappa shape index (κ3) is 3.95. The van der Waals surface area contributed by atoms with Crippen molar-refractivity contribution < 1.29 is 18.0 Å². The molecule has 0 fully saturated rings. The van der Waals surface area contributed by atoms with E-state index >= 15 is 0 Å². The Labute approximate surface area is 155 Å². The molecule has 0 aliphatic carbocycles. The fourth-order valence-corrected chi connectivity index (χ4v) is 2.84. The summed E-state index contributed by atoms with van der Waals surface area (Å²) in [7, 11) is 0. The molecule has 0 radical (unpaired) electrons. The number of fused-ring (bicyclic) bond motifs is 1. The van der Waals surface area contributed by atoms with Gasteiger partial charge in [0.05, 0.1) is 11.6 Å². The van der Waals surface area contributed by atoms with Crippen molar-refractivity contribution in [2.45, 2.75) is 19.1 Å². The molecule has 1 amide bonds. The van der Waals surface area contributed by atoms with E-state index in [0.29, 0.717) is 11.1 Å². The predicted octanol–water partition coefficient (Wildman–Crippen LogP) is 5.28. The Hall–Kier alpha value is -3.26. The number of hydrogen-bond acceptors (Lipinski definition) is 1. The summed E-state index contributed by atoms with van der Waals surface area (Å²) in [5, 5.41) is 4.36. The predicted molar refractivity (Wildman–Crippen MR) is 100 cm³/mol. The molecule has 0 saturated heterocycles. The molecule has 0 bridgehead atoms. The first-order valence-corrected chi connectivity index (χ1v) is 8.27. The van der Waals surface area contributed by atoms with Gasteiger partial charge in [-0.2, -0.15) is 13.2 Å². The lowest BCUT2D eigenvalue weighted by atomic mass is 9.96. The summed E-state index contributed by atoms with van der Waals surface area (Å²) in [6.07, 6.45) is 0.910. The minimum atomic E-state index is -4.37. The lowest BCUT2D eigenvalue weighted by molar-refractivity contribution is -0.137. The first kappa shape index (κ1) is 18.5. The monoisotopic (exact) mass is 367 g/mol. The van der Waals surface area contributed by atoms with Crippen molar-refractivity contribution >= 4 is 16.7 Å². The van der Waals surface area contributed by atoms with Crippen LogP contribution in [0, 0.1) is 12.3 Å². The van der Waals surface area contributed by atoms with Crippen molar-refractivity contribution in [2.75, 3.05) is 0 Å². The van der Waals surface area contributed by atoms with Gasteiger partial charge in [-0.3, -0.25) is 4.79 Å². The molecular weight excluding hydrogens is 351 g/mol. The van der Waals surface area contributed by atoms with Crippen molar-refractivity contribution in [1.82, 2.24) is 5.32 Å². The van der Waals surface area contributed by atoms with E-state index in [2.05, 4.69) is 11.2 Å². The largest absolute Gasteiger partial charge is 0.416 e. The van der Waals surface area contributed by atoms with E-state index in [-0.39, 0.29) is 11.9 Å². The van der Waals surface area contributed by atoms with Gasteiger partial charge in [0.15, 0.2) is 0 Å². The van der Waals surface area contributed by atoms with E-state index in [1.807, 2.05) is 12.1 Å². The Morgan fingerprint density at radius 3 is 2.41 bits per heavy atom. The van der Waals surface area contributed by atoms with Crippen LogP contribution in [0.5, 0.6) is 0 Å². The molecule has 1 atom stereocenters. The number of carbonyl (C=O) groups is 1. The van der Waals surface area contributed by atoms with Gasteiger partial charge in [-0.1, -0.05) is 42.3 Å². The van der Waals surface area contributed by atoms with Crippen LogP contribution in [0.15, 0.2) is 60.7 Å². The highest BCUT2D eigenvalue weighted by atomic mass is 19.4. The van der Waals surface area contributed by atoms with E-state index in [1.54, 1.807) is 31.2 Å². The number of benzene rings is 3. The van der Waals surface area contributed by atoms with E-state index in [4.69, 9.17) is 6.42 Å². The van der Waals surface area contributed by atoms with Crippen LogP contribution in [0.1, 0.15) is 22.8 Å². The van der Waals surface area contributed by atoms with E-state index in [9.17, 15) is 18.0 Å². The third-order valence-corrected chi connectivity index (χ3v) is 4.26. The summed E-state index contributed by atoms with van der Waals surface area (Å²) in [6, 6.07) is 15.4. The second-order valence-electron chi connectivity index (χ2n) is 6.18. The number of terminal acetylenes is 1. The molecule has 0 saturated carbocycles. The zero-order valence-corrected chi connectivity index (χ0v) is 14.5. The fraction of sp³-hybridized carbons (Fsp3) is 0.136. The minimum absolute atomic E-state index is 0.276. The molecule has 1 N–H and O–H groups in total. The van der Waals surface area contributed by atoms with Crippen LogP contribution >= 0.6 is 0 Å². The van der Waals surface area contributed by atoms with Crippen molar-refractivity contribution in [1.29, 1.82) is 0 Å². The van der Waals surface area contributed by atoms with Crippen molar-refractivity contribution in [3.8, 4) is 23.5 Å². The van der Waals surface area contributed by atoms with E-state index in [0.717, 1.165) is 28.5 Å². The van der Waals surface area contributed by atoms with Gasteiger partial charge in [-0.25, -0.2) is 0 Å². The number of halogens is 3. The van der Waals surface area contributed by atoms with Crippen LogP contribution in [0.25, 0.3) is 21.9 Å². The molecule has 0 aromatic heterocycles. The Bertz CT molecular complexity index is 1030. The molecule has 0 aliphatic heterocycles.